The lowest BCUT2D eigenvalue weighted by molar-refractivity contribution is -0.140. The Labute approximate surface area is 249 Å². The van der Waals surface area contributed by atoms with Crippen LogP contribution < -0.4 is 9.62 Å². The van der Waals surface area contributed by atoms with E-state index in [0.717, 1.165) is 17.7 Å². The molecule has 0 unspecified atom stereocenters. The van der Waals surface area contributed by atoms with Gasteiger partial charge in [-0.2, -0.15) is 13.2 Å². The largest absolute Gasteiger partial charge is 0.416 e. The number of nitrogens with zero attached hydrogens (tertiary/aromatic N) is 2. The summed E-state index contributed by atoms with van der Waals surface area (Å²) in [6, 6.07) is 15.2. The summed E-state index contributed by atoms with van der Waals surface area (Å²) in [5, 5.41) is 3.24. The first-order valence-electron chi connectivity index (χ1n) is 13.4. The molecule has 0 saturated carbocycles. The SMILES string of the molecule is CCCNC(=O)[C@H](CC)N(Cc1ccc(Cl)cc1)C(=O)CN(c1cccc(C(F)(F)F)c1)S(=O)(=O)c1ccc(C)cc1. The molecular formula is C30H33ClF3N3O4S. The van der Waals surface area contributed by atoms with Crippen LogP contribution in [0.1, 0.15) is 43.4 Å². The molecule has 0 heterocycles. The van der Waals surface area contributed by atoms with E-state index in [2.05, 4.69) is 5.32 Å². The minimum Gasteiger partial charge on any atom is -0.354 e. The summed E-state index contributed by atoms with van der Waals surface area (Å²) in [5.74, 6) is -1.19. The molecule has 0 spiro atoms. The number of benzene rings is 3. The number of carbonyl (C=O) groups is 2. The van der Waals surface area contributed by atoms with Gasteiger partial charge in [-0.1, -0.05) is 61.3 Å². The van der Waals surface area contributed by atoms with Crippen molar-refractivity contribution < 1.29 is 31.2 Å². The van der Waals surface area contributed by atoms with Crippen LogP contribution in [0.3, 0.4) is 0 Å². The molecule has 1 N–H and O–H groups in total. The van der Waals surface area contributed by atoms with Crippen molar-refractivity contribution in [2.45, 2.75) is 57.3 Å². The topological polar surface area (TPSA) is 86.8 Å². The number of hydrogen-bond donors (Lipinski definition) is 1. The van der Waals surface area contributed by atoms with Gasteiger partial charge in [0.25, 0.3) is 10.0 Å². The van der Waals surface area contributed by atoms with Gasteiger partial charge in [0.05, 0.1) is 16.1 Å². The number of nitrogens with one attached hydrogen (secondary N) is 1. The van der Waals surface area contributed by atoms with Crippen LogP contribution in [0.15, 0.2) is 77.7 Å². The molecule has 3 aromatic carbocycles. The number of aryl methyl sites for hydroxylation is 1. The third-order valence-electron chi connectivity index (χ3n) is 6.55. The van der Waals surface area contributed by atoms with E-state index < -0.39 is 46.2 Å². The highest BCUT2D eigenvalue weighted by atomic mass is 35.5. The number of anilines is 1. The molecule has 0 aliphatic carbocycles. The number of hydrogen-bond acceptors (Lipinski definition) is 4. The lowest BCUT2D eigenvalue weighted by atomic mass is 10.1. The number of rotatable bonds is 12. The summed E-state index contributed by atoms with van der Waals surface area (Å²) >= 11 is 6.01. The number of alkyl halides is 3. The number of amides is 2. The van der Waals surface area contributed by atoms with E-state index in [1.54, 1.807) is 50.2 Å². The van der Waals surface area contributed by atoms with Crippen LogP contribution in [0.4, 0.5) is 18.9 Å². The molecule has 42 heavy (non-hydrogen) atoms. The van der Waals surface area contributed by atoms with Gasteiger partial charge in [-0.15, -0.1) is 0 Å². The van der Waals surface area contributed by atoms with Crippen molar-refractivity contribution in [3.8, 4) is 0 Å². The Bertz CT molecular complexity index is 1480. The standard InChI is InChI=1S/C30H33ClF3N3O4S/c1-4-17-35-29(39)27(5-2)36(19-22-11-13-24(31)14-12-22)28(38)20-37(25-8-6-7-23(18-25)30(32,33)34)42(40,41)26-15-9-21(3)10-16-26/h6-16,18,27H,4-5,17,19-20H2,1-3H3,(H,35,39)/t27-/m0/s1. The summed E-state index contributed by atoms with van der Waals surface area (Å²) in [6.07, 6.45) is -3.88. The highest BCUT2D eigenvalue weighted by Gasteiger charge is 2.35. The van der Waals surface area contributed by atoms with E-state index in [9.17, 15) is 31.2 Å². The molecule has 0 aliphatic rings. The van der Waals surface area contributed by atoms with Gasteiger partial charge in [-0.3, -0.25) is 13.9 Å². The molecule has 12 heteroatoms. The minimum atomic E-state index is -4.75. The second-order valence-electron chi connectivity index (χ2n) is 9.74. The Morgan fingerprint density at radius 2 is 1.62 bits per heavy atom. The molecular weight excluding hydrogens is 591 g/mol. The van der Waals surface area contributed by atoms with E-state index in [1.807, 2.05) is 6.92 Å². The number of carbonyl (C=O) groups excluding carboxylic acids is 2. The Kier molecular flexibility index (Phi) is 11.0. The first-order valence-corrected chi connectivity index (χ1v) is 15.2. The molecule has 0 saturated heterocycles. The third kappa shape index (κ3) is 8.25. The quantitative estimate of drug-likeness (QED) is 0.260. The lowest BCUT2D eigenvalue weighted by Gasteiger charge is -2.33. The summed E-state index contributed by atoms with van der Waals surface area (Å²) in [4.78, 5) is 28.1. The van der Waals surface area contributed by atoms with E-state index in [0.29, 0.717) is 33.9 Å². The van der Waals surface area contributed by atoms with Crippen molar-refractivity contribution in [1.29, 1.82) is 0 Å². The van der Waals surface area contributed by atoms with E-state index in [-0.39, 0.29) is 23.5 Å². The van der Waals surface area contributed by atoms with Gasteiger partial charge >= 0.3 is 6.18 Å². The monoisotopic (exact) mass is 623 g/mol. The molecule has 0 radical (unpaired) electrons. The minimum absolute atomic E-state index is 0.0605. The zero-order valence-corrected chi connectivity index (χ0v) is 25.1. The van der Waals surface area contributed by atoms with Crippen LogP contribution in [-0.4, -0.2) is 44.3 Å². The smallest absolute Gasteiger partial charge is 0.354 e. The Hall–Kier alpha value is -3.57. The van der Waals surface area contributed by atoms with Crippen LogP contribution in [0.5, 0.6) is 0 Å². The van der Waals surface area contributed by atoms with Gasteiger partial charge < -0.3 is 10.2 Å². The molecule has 3 rings (SSSR count). The van der Waals surface area contributed by atoms with Crippen LogP contribution >= 0.6 is 11.6 Å². The Morgan fingerprint density at radius 1 is 0.976 bits per heavy atom. The van der Waals surface area contributed by atoms with Crippen molar-refractivity contribution in [1.82, 2.24) is 10.2 Å². The lowest BCUT2D eigenvalue weighted by Crippen LogP contribution is -2.52. The van der Waals surface area contributed by atoms with E-state index >= 15 is 0 Å². The average molecular weight is 624 g/mol. The predicted octanol–water partition coefficient (Wildman–Crippen LogP) is 6.20. The maximum absolute atomic E-state index is 14.0. The fourth-order valence-electron chi connectivity index (χ4n) is 4.28. The summed E-state index contributed by atoms with van der Waals surface area (Å²) < 4.78 is 69.2. The normalized spacial score (nSPS) is 12.5. The Balaban J connectivity index is 2.11. The van der Waals surface area contributed by atoms with Crippen molar-refractivity contribution in [2.75, 3.05) is 17.4 Å². The van der Waals surface area contributed by atoms with Gasteiger partial charge in [-0.05, 0) is 67.8 Å². The van der Waals surface area contributed by atoms with Crippen molar-refractivity contribution in [3.05, 3.63) is 94.5 Å². The molecule has 0 fully saturated rings. The number of halogens is 4. The average Bonchev–Trinajstić information content (AvgIpc) is 2.95. The second-order valence-corrected chi connectivity index (χ2v) is 12.0. The maximum atomic E-state index is 14.0. The van der Waals surface area contributed by atoms with Crippen molar-refractivity contribution >= 4 is 39.1 Å². The second kappa shape index (κ2) is 14.1. The van der Waals surface area contributed by atoms with Crippen molar-refractivity contribution in [3.63, 3.8) is 0 Å². The Morgan fingerprint density at radius 3 is 2.19 bits per heavy atom. The van der Waals surface area contributed by atoms with E-state index in [1.165, 1.54) is 23.1 Å². The molecule has 226 valence electrons. The molecule has 7 nitrogen and oxygen atoms in total. The highest BCUT2D eigenvalue weighted by molar-refractivity contribution is 7.92. The molecule has 0 bridgehead atoms. The highest BCUT2D eigenvalue weighted by Crippen LogP contribution is 2.33. The van der Waals surface area contributed by atoms with Crippen LogP contribution in [0.2, 0.25) is 5.02 Å². The summed E-state index contributed by atoms with van der Waals surface area (Å²) in [7, 11) is -4.51. The van der Waals surface area contributed by atoms with Crippen molar-refractivity contribution in [2.24, 2.45) is 0 Å². The van der Waals surface area contributed by atoms with Gasteiger partial charge in [-0.25, -0.2) is 8.42 Å². The summed E-state index contributed by atoms with van der Waals surface area (Å²) in [6.45, 7) is 4.81. The summed E-state index contributed by atoms with van der Waals surface area (Å²) in [5.41, 5.74) is -0.0104. The molecule has 2 amide bonds. The maximum Gasteiger partial charge on any atom is 0.416 e. The first-order chi connectivity index (χ1) is 19.8. The van der Waals surface area contributed by atoms with Crippen LogP contribution in [-0.2, 0) is 32.3 Å². The molecule has 0 aliphatic heterocycles. The zero-order chi connectivity index (χ0) is 31.1. The molecule has 1 atom stereocenters. The van der Waals surface area contributed by atoms with Gasteiger partial charge in [0.15, 0.2) is 0 Å². The van der Waals surface area contributed by atoms with Gasteiger partial charge in [0.1, 0.15) is 12.6 Å². The fourth-order valence-corrected chi connectivity index (χ4v) is 5.81. The fraction of sp³-hybridized carbons (Fsp3) is 0.333. The van der Waals surface area contributed by atoms with Crippen LogP contribution in [0, 0.1) is 6.92 Å². The molecule has 0 aromatic heterocycles. The van der Waals surface area contributed by atoms with Gasteiger partial charge in [0, 0.05) is 18.1 Å². The van der Waals surface area contributed by atoms with Crippen LogP contribution in [0.25, 0.3) is 0 Å². The zero-order valence-electron chi connectivity index (χ0n) is 23.5. The predicted molar refractivity (Wildman–Crippen MR) is 157 cm³/mol. The molecule has 3 aromatic rings. The number of sulfonamides is 1. The van der Waals surface area contributed by atoms with Gasteiger partial charge in [0.2, 0.25) is 11.8 Å². The first kappa shape index (κ1) is 32.9. The third-order valence-corrected chi connectivity index (χ3v) is 8.59. The van der Waals surface area contributed by atoms with E-state index in [4.69, 9.17) is 11.6 Å².